The van der Waals surface area contributed by atoms with E-state index in [1.165, 1.54) is 38.0 Å². The maximum absolute atomic E-state index is 4.11. The maximum Gasteiger partial charge on any atom is 0.113 e. The first-order valence-electron chi connectivity index (χ1n) is 7.01. The normalized spacial score (nSPS) is 29.8. The van der Waals surface area contributed by atoms with E-state index in [-0.39, 0.29) is 0 Å². The minimum absolute atomic E-state index is 0.593. The quantitative estimate of drug-likeness (QED) is 0.856. The highest BCUT2D eigenvalue weighted by Crippen LogP contribution is 2.46. The van der Waals surface area contributed by atoms with Crippen molar-refractivity contribution in [3.8, 4) is 0 Å². The zero-order valence-corrected chi connectivity index (χ0v) is 11.2. The van der Waals surface area contributed by atoms with Gasteiger partial charge in [-0.1, -0.05) is 5.21 Å². The van der Waals surface area contributed by atoms with Crippen molar-refractivity contribution in [3.05, 3.63) is 18.2 Å². The molecule has 1 saturated carbocycles. The van der Waals surface area contributed by atoms with Gasteiger partial charge >= 0.3 is 0 Å². The maximum atomic E-state index is 4.11. The molecule has 1 aromatic heterocycles. The fraction of sp³-hybridized carbons (Fsp3) is 0.571. The van der Waals surface area contributed by atoms with Crippen LogP contribution in [0.5, 0.6) is 0 Å². The molecule has 1 saturated heterocycles. The van der Waals surface area contributed by atoms with E-state index >= 15 is 0 Å². The molecule has 1 spiro atoms. The fourth-order valence-electron chi connectivity index (χ4n) is 3.59. The zero-order chi connectivity index (χ0) is 12.9. The van der Waals surface area contributed by atoms with E-state index in [4.69, 9.17) is 0 Å². The zero-order valence-electron chi connectivity index (χ0n) is 11.2. The average molecular weight is 257 g/mol. The molecular formula is C14H19N5. The fourth-order valence-corrected chi connectivity index (χ4v) is 3.59. The second-order valence-electron chi connectivity index (χ2n) is 6.09. The Morgan fingerprint density at radius 3 is 3.11 bits per heavy atom. The van der Waals surface area contributed by atoms with Gasteiger partial charge in [-0.05, 0) is 49.4 Å². The SMILES string of the molecule is Cn1nnc2ccc(NC3CC4(CCNC4)C3)cc21. The lowest BCUT2D eigenvalue weighted by Gasteiger charge is -2.45. The summed E-state index contributed by atoms with van der Waals surface area (Å²) in [5.41, 5.74) is 3.82. The summed E-state index contributed by atoms with van der Waals surface area (Å²) in [6.07, 6.45) is 3.93. The van der Waals surface area contributed by atoms with Crippen LogP contribution in [-0.4, -0.2) is 34.1 Å². The Bertz CT molecular complexity index is 603. The molecule has 2 fully saturated rings. The molecule has 5 nitrogen and oxygen atoms in total. The Hall–Kier alpha value is -1.62. The summed E-state index contributed by atoms with van der Waals surface area (Å²) in [5, 5.41) is 15.3. The smallest absolute Gasteiger partial charge is 0.113 e. The van der Waals surface area contributed by atoms with Gasteiger partial charge in [-0.2, -0.15) is 0 Å². The second kappa shape index (κ2) is 3.93. The number of hydrogen-bond donors (Lipinski definition) is 2. The van der Waals surface area contributed by atoms with Gasteiger partial charge in [0.1, 0.15) is 5.52 Å². The van der Waals surface area contributed by atoms with Gasteiger partial charge in [0.05, 0.1) is 5.52 Å². The van der Waals surface area contributed by atoms with E-state index in [0.29, 0.717) is 11.5 Å². The van der Waals surface area contributed by atoms with Crippen molar-refractivity contribution in [2.75, 3.05) is 18.4 Å². The monoisotopic (exact) mass is 257 g/mol. The van der Waals surface area contributed by atoms with E-state index in [1.807, 2.05) is 17.8 Å². The van der Waals surface area contributed by atoms with Gasteiger partial charge in [0.25, 0.3) is 0 Å². The number of nitrogens with one attached hydrogen (secondary N) is 2. The predicted octanol–water partition coefficient (Wildman–Crippen LogP) is 1.52. The van der Waals surface area contributed by atoms with Crippen molar-refractivity contribution in [2.24, 2.45) is 12.5 Å². The molecule has 100 valence electrons. The van der Waals surface area contributed by atoms with E-state index < -0.39 is 0 Å². The molecule has 2 N–H and O–H groups in total. The molecule has 0 radical (unpaired) electrons. The summed E-state index contributed by atoms with van der Waals surface area (Å²) in [6.45, 7) is 2.40. The van der Waals surface area contributed by atoms with Crippen LogP contribution in [0, 0.1) is 5.41 Å². The average Bonchev–Trinajstić information content (AvgIpc) is 2.97. The van der Waals surface area contributed by atoms with Crippen LogP contribution in [0.15, 0.2) is 18.2 Å². The molecule has 2 heterocycles. The van der Waals surface area contributed by atoms with Crippen molar-refractivity contribution in [2.45, 2.75) is 25.3 Å². The third-order valence-electron chi connectivity index (χ3n) is 4.67. The number of rotatable bonds is 2. The minimum atomic E-state index is 0.593. The predicted molar refractivity (Wildman–Crippen MR) is 75.1 cm³/mol. The molecule has 2 aromatic rings. The molecule has 2 aliphatic rings. The number of aryl methyl sites for hydroxylation is 1. The van der Waals surface area contributed by atoms with Crippen LogP contribution in [0.3, 0.4) is 0 Å². The largest absolute Gasteiger partial charge is 0.382 e. The lowest BCUT2D eigenvalue weighted by molar-refractivity contribution is 0.142. The van der Waals surface area contributed by atoms with Crippen LogP contribution < -0.4 is 10.6 Å². The molecule has 1 aromatic carbocycles. The minimum Gasteiger partial charge on any atom is -0.382 e. The molecule has 4 rings (SSSR count). The Balaban J connectivity index is 1.48. The molecular weight excluding hydrogens is 238 g/mol. The molecule has 0 bridgehead atoms. The number of hydrogen-bond acceptors (Lipinski definition) is 4. The number of aromatic nitrogens is 3. The van der Waals surface area contributed by atoms with Gasteiger partial charge in [-0.15, -0.1) is 5.10 Å². The molecule has 0 atom stereocenters. The summed E-state index contributed by atoms with van der Waals surface area (Å²) < 4.78 is 1.82. The van der Waals surface area contributed by atoms with Crippen molar-refractivity contribution < 1.29 is 0 Å². The summed E-state index contributed by atoms with van der Waals surface area (Å²) in [6, 6.07) is 6.91. The molecule has 0 unspecified atom stereocenters. The number of nitrogens with zero attached hydrogens (tertiary/aromatic N) is 3. The molecule has 1 aliphatic heterocycles. The molecule has 1 aliphatic carbocycles. The molecule has 0 amide bonds. The van der Waals surface area contributed by atoms with Gasteiger partial charge in [0.2, 0.25) is 0 Å². The highest BCUT2D eigenvalue weighted by atomic mass is 15.4. The summed E-state index contributed by atoms with van der Waals surface area (Å²) >= 11 is 0. The van der Waals surface area contributed by atoms with Crippen LogP contribution in [-0.2, 0) is 7.05 Å². The van der Waals surface area contributed by atoms with Crippen molar-refractivity contribution in [3.63, 3.8) is 0 Å². The van der Waals surface area contributed by atoms with Gasteiger partial charge in [0, 0.05) is 25.3 Å². The van der Waals surface area contributed by atoms with Gasteiger partial charge in [-0.3, -0.25) is 0 Å². The van der Waals surface area contributed by atoms with Crippen molar-refractivity contribution in [1.82, 2.24) is 20.3 Å². The van der Waals surface area contributed by atoms with Gasteiger partial charge < -0.3 is 10.6 Å². The lowest BCUT2D eigenvalue weighted by Crippen LogP contribution is -2.46. The van der Waals surface area contributed by atoms with Crippen molar-refractivity contribution in [1.29, 1.82) is 0 Å². The highest BCUT2D eigenvalue weighted by Gasteiger charge is 2.45. The Morgan fingerprint density at radius 1 is 1.42 bits per heavy atom. The highest BCUT2D eigenvalue weighted by molar-refractivity contribution is 5.78. The third-order valence-corrected chi connectivity index (χ3v) is 4.67. The second-order valence-corrected chi connectivity index (χ2v) is 6.09. The molecule has 19 heavy (non-hydrogen) atoms. The number of fused-ring (bicyclic) bond motifs is 1. The number of benzene rings is 1. The van der Waals surface area contributed by atoms with Crippen LogP contribution >= 0.6 is 0 Å². The number of anilines is 1. The third kappa shape index (κ3) is 1.80. The summed E-state index contributed by atoms with van der Waals surface area (Å²) in [4.78, 5) is 0. The summed E-state index contributed by atoms with van der Waals surface area (Å²) in [5.74, 6) is 0. The van der Waals surface area contributed by atoms with E-state index in [2.05, 4.69) is 33.1 Å². The van der Waals surface area contributed by atoms with Crippen LogP contribution in [0.4, 0.5) is 5.69 Å². The first kappa shape index (κ1) is 11.2. The van der Waals surface area contributed by atoms with E-state index in [9.17, 15) is 0 Å². The Kier molecular flexibility index (Phi) is 2.33. The molecule has 5 heteroatoms. The first-order chi connectivity index (χ1) is 9.24. The first-order valence-corrected chi connectivity index (χ1v) is 7.01. The summed E-state index contributed by atoms with van der Waals surface area (Å²) in [7, 11) is 1.93. The lowest BCUT2D eigenvalue weighted by atomic mass is 9.65. The van der Waals surface area contributed by atoms with E-state index in [0.717, 1.165) is 11.0 Å². The van der Waals surface area contributed by atoms with Crippen molar-refractivity contribution >= 4 is 16.7 Å². The van der Waals surface area contributed by atoms with E-state index in [1.54, 1.807) is 0 Å². The van der Waals surface area contributed by atoms with Crippen LogP contribution in [0.1, 0.15) is 19.3 Å². The Morgan fingerprint density at radius 2 is 2.32 bits per heavy atom. The Labute approximate surface area is 112 Å². The van der Waals surface area contributed by atoms with Gasteiger partial charge in [0.15, 0.2) is 0 Å². The van der Waals surface area contributed by atoms with Gasteiger partial charge in [-0.25, -0.2) is 4.68 Å². The topological polar surface area (TPSA) is 54.8 Å². The standard InChI is InChI=1S/C14H19N5/c1-19-13-6-10(2-3-12(13)17-18-19)16-11-7-14(8-11)4-5-15-9-14/h2-3,6,11,15-16H,4-5,7-9H2,1H3. The van der Waals surface area contributed by atoms with Crippen LogP contribution in [0.25, 0.3) is 11.0 Å². The van der Waals surface area contributed by atoms with Crippen LogP contribution in [0.2, 0.25) is 0 Å².